The maximum absolute atomic E-state index is 13.1. The van der Waals surface area contributed by atoms with Crippen molar-refractivity contribution in [3.8, 4) is 0 Å². The second-order valence-corrected chi connectivity index (χ2v) is 13.9. The molecule has 9 nitrogen and oxygen atoms in total. The summed E-state index contributed by atoms with van der Waals surface area (Å²) in [5.74, 6) is -0.00703. The van der Waals surface area contributed by atoms with E-state index in [4.69, 9.17) is 0 Å². The number of rotatable bonds is 5. The topological polar surface area (TPSA) is 118 Å². The number of sulfonamides is 1. The van der Waals surface area contributed by atoms with Gasteiger partial charge in [-0.1, -0.05) is 26.8 Å². The van der Waals surface area contributed by atoms with Gasteiger partial charge < -0.3 is 5.32 Å². The first-order chi connectivity index (χ1) is 15.4. The minimum atomic E-state index is -3.65. The fourth-order valence-corrected chi connectivity index (χ4v) is 7.42. The number of carbonyl (C=O) groups is 1. The molecule has 0 saturated carbocycles. The lowest BCUT2D eigenvalue weighted by Gasteiger charge is -2.16. The molecule has 2 fully saturated rings. The Bertz CT molecular complexity index is 1270. The van der Waals surface area contributed by atoms with Gasteiger partial charge in [0, 0.05) is 30.1 Å². The number of aromatic nitrogens is 2. The van der Waals surface area contributed by atoms with Gasteiger partial charge in [0.25, 0.3) is 5.91 Å². The van der Waals surface area contributed by atoms with Gasteiger partial charge in [-0.05, 0) is 37.5 Å². The SMILES string of the molecule is CC(C)(C)c1cc(NC(=O)c2cccc(S(=O)(=O)N3CCCC3)c2)n(C2CCS(=O)(=O)C2)n1. The van der Waals surface area contributed by atoms with Crippen molar-refractivity contribution >= 4 is 31.6 Å². The van der Waals surface area contributed by atoms with Crippen molar-refractivity contribution in [1.29, 1.82) is 0 Å². The van der Waals surface area contributed by atoms with Gasteiger partial charge in [-0.25, -0.2) is 21.5 Å². The smallest absolute Gasteiger partial charge is 0.256 e. The minimum absolute atomic E-state index is 0.0231. The van der Waals surface area contributed by atoms with Crippen molar-refractivity contribution in [1.82, 2.24) is 14.1 Å². The van der Waals surface area contributed by atoms with Crippen LogP contribution in [-0.2, 0) is 25.3 Å². The number of nitrogens with zero attached hydrogens (tertiary/aromatic N) is 3. The number of amides is 1. The van der Waals surface area contributed by atoms with Crippen LogP contribution < -0.4 is 5.32 Å². The maximum atomic E-state index is 13.1. The fraction of sp³-hybridized carbons (Fsp3) is 0.545. The Balaban J connectivity index is 1.63. The third kappa shape index (κ3) is 4.99. The molecule has 2 aliphatic heterocycles. The Morgan fingerprint density at radius 2 is 1.85 bits per heavy atom. The highest BCUT2D eigenvalue weighted by molar-refractivity contribution is 7.91. The summed E-state index contributed by atoms with van der Waals surface area (Å²) in [4.78, 5) is 13.2. The van der Waals surface area contributed by atoms with Crippen LogP contribution in [0.1, 0.15) is 62.1 Å². The summed E-state index contributed by atoms with van der Waals surface area (Å²) in [7, 11) is -6.79. The lowest BCUT2D eigenvalue weighted by molar-refractivity contribution is 0.102. The van der Waals surface area contributed by atoms with Crippen LogP contribution in [0.15, 0.2) is 35.2 Å². The molecule has 0 spiro atoms. The third-order valence-corrected chi connectivity index (χ3v) is 9.74. The fourth-order valence-electron chi connectivity index (χ4n) is 4.16. The number of hydrogen-bond acceptors (Lipinski definition) is 6. The van der Waals surface area contributed by atoms with Crippen LogP contribution in [0.4, 0.5) is 5.82 Å². The number of sulfone groups is 1. The summed E-state index contributed by atoms with van der Waals surface area (Å²) in [6.07, 6.45) is 2.09. The van der Waals surface area contributed by atoms with Gasteiger partial charge in [-0.2, -0.15) is 9.40 Å². The van der Waals surface area contributed by atoms with Crippen LogP contribution >= 0.6 is 0 Å². The van der Waals surface area contributed by atoms with Crippen molar-refractivity contribution in [2.75, 3.05) is 29.9 Å². The highest BCUT2D eigenvalue weighted by Crippen LogP contribution is 2.31. The first-order valence-electron chi connectivity index (χ1n) is 11.1. The van der Waals surface area contributed by atoms with Gasteiger partial charge in [0.05, 0.1) is 28.1 Å². The Kier molecular flexibility index (Phi) is 6.17. The molecule has 1 aromatic heterocycles. The second-order valence-electron chi connectivity index (χ2n) is 9.76. The normalized spacial score (nSPS) is 21.4. The van der Waals surface area contributed by atoms with E-state index in [2.05, 4.69) is 10.4 Å². The second kappa shape index (κ2) is 8.52. The van der Waals surface area contributed by atoms with Crippen molar-refractivity contribution in [2.45, 2.75) is 56.4 Å². The van der Waals surface area contributed by atoms with Crippen molar-refractivity contribution in [3.05, 3.63) is 41.6 Å². The molecule has 2 aliphatic rings. The standard InChI is InChI=1S/C22H30N4O5S2/c1-22(2,3)19-14-20(26(24-19)17-9-12-32(28,29)15-17)23-21(27)16-7-6-8-18(13-16)33(30,31)25-10-4-5-11-25/h6-8,13-14,17H,4-5,9-12,15H2,1-3H3,(H,23,27). The summed E-state index contributed by atoms with van der Waals surface area (Å²) in [5.41, 5.74) is 0.637. The molecule has 0 radical (unpaired) electrons. The van der Waals surface area contributed by atoms with Gasteiger partial charge in [0.2, 0.25) is 10.0 Å². The molecule has 1 atom stereocenters. The number of anilines is 1. The van der Waals surface area contributed by atoms with Crippen molar-refractivity contribution < 1.29 is 21.6 Å². The predicted molar refractivity (Wildman–Crippen MR) is 126 cm³/mol. The van der Waals surface area contributed by atoms with E-state index in [0.29, 0.717) is 25.3 Å². The van der Waals surface area contributed by atoms with Gasteiger partial charge in [0.15, 0.2) is 9.84 Å². The largest absolute Gasteiger partial charge is 0.307 e. The van der Waals surface area contributed by atoms with Crippen LogP contribution in [0.2, 0.25) is 0 Å². The Hall–Kier alpha value is -2.24. The van der Waals surface area contributed by atoms with Gasteiger partial charge in [-0.15, -0.1) is 0 Å². The van der Waals surface area contributed by atoms with E-state index < -0.39 is 25.8 Å². The van der Waals surface area contributed by atoms with Crippen molar-refractivity contribution in [3.63, 3.8) is 0 Å². The van der Waals surface area contributed by atoms with Crippen LogP contribution in [0.25, 0.3) is 0 Å². The number of carbonyl (C=O) groups excluding carboxylic acids is 1. The Labute approximate surface area is 195 Å². The highest BCUT2D eigenvalue weighted by Gasteiger charge is 2.33. The minimum Gasteiger partial charge on any atom is -0.307 e. The van der Waals surface area contributed by atoms with Crippen LogP contribution in [-0.4, -0.2) is 61.4 Å². The predicted octanol–water partition coefficient (Wildman–Crippen LogP) is 2.58. The number of hydrogen-bond donors (Lipinski definition) is 1. The lowest BCUT2D eigenvalue weighted by atomic mass is 9.92. The van der Waals surface area contributed by atoms with E-state index in [9.17, 15) is 21.6 Å². The molecule has 33 heavy (non-hydrogen) atoms. The van der Waals surface area contributed by atoms with Gasteiger partial charge in [0.1, 0.15) is 5.82 Å². The third-order valence-electron chi connectivity index (χ3n) is 6.10. The summed E-state index contributed by atoms with van der Waals surface area (Å²) >= 11 is 0. The molecular formula is C22H30N4O5S2. The molecule has 11 heteroatoms. The van der Waals surface area contributed by atoms with E-state index in [1.54, 1.807) is 22.9 Å². The molecular weight excluding hydrogens is 464 g/mol. The van der Waals surface area contributed by atoms with E-state index in [1.807, 2.05) is 20.8 Å². The Morgan fingerprint density at radius 1 is 1.15 bits per heavy atom. The average molecular weight is 495 g/mol. The number of benzene rings is 1. The first kappa shape index (κ1) is 23.9. The zero-order valence-corrected chi connectivity index (χ0v) is 20.7. The van der Waals surface area contributed by atoms with Crippen LogP contribution in [0.5, 0.6) is 0 Å². The maximum Gasteiger partial charge on any atom is 0.256 e. The molecule has 1 aromatic carbocycles. The van der Waals surface area contributed by atoms with E-state index >= 15 is 0 Å². The van der Waals surface area contributed by atoms with Crippen LogP contribution in [0, 0.1) is 0 Å². The molecule has 3 heterocycles. The molecule has 0 bridgehead atoms. The molecule has 1 amide bonds. The monoisotopic (exact) mass is 494 g/mol. The van der Waals surface area contributed by atoms with Crippen molar-refractivity contribution in [2.24, 2.45) is 0 Å². The first-order valence-corrected chi connectivity index (χ1v) is 14.3. The molecule has 2 aromatic rings. The summed E-state index contributed by atoms with van der Waals surface area (Å²) in [6, 6.07) is 7.39. The zero-order chi connectivity index (χ0) is 24.0. The lowest BCUT2D eigenvalue weighted by Crippen LogP contribution is -2.28. The van der Waals surface area contributed by atoms with E-state index in [-0.39, 0.29) is 33.4 Å². The van der Waals surface area contributed by atoms with Gasteiger partial charge in [-0.3, -0.25) is 4.79 Å². The highest BCUT2D eigenvalue weighted by atomic mass is 32.2. The molecule has 180 valence electrons. The molecule has 0 aliphatic carbocycles. The Morgan fingerprint density at radius 3 is 2.45 bits per heavy atom. The molecule has 1 N–H and O–H groups in total. The van der Waals surface area contributed by atoms with E-state index in [0.717, 1.165) is 18.5 Å². The van der Waals surface area contributed by atoms with Gasteiger partial charge >= 0.3 is 0 Å². The summed E-state index contributed by atoms with van der Waals surface area (Å²) in [6.45, 7) is 6.94. The number of nitrogens with one attached hydrogen (secondary N) is 1. The summed E-state index contributed by atoms with van der Waals surface area (Å²) < 4.78 is 52.9. The molecule has 1 unspecified atom stereocenters. The average Bonchev–Trinajstić information content (AvgIpc) is 3.47. The summed E-state index contributed by atoms with van der Waals surface area (Å²) in [5, 5.41) is 7.45. The van der Waals surface area contributed by atoms with E-state index in [1.165, 1.54) is 16.4 Å². The quantitative estimate of drug-likeness (QED) is 0.683. The van der Waals surface area contributed by atoms with Crippen LogP contribution in [0.3, 0.4) is 0 Å². The zero-order valence-electron chi connectivity index (χ0n) is 19.1. The molecule has 2 saturated heterocycles. The molecule has 4 rings (SSSR count).